The maximum absolute atomic E-state index is 13.4. The molecule has 0 amide bonds. The van der Waals surface area contributed by atoms with Gasteiger partial charge in [-0.25, -0.2) is 17.6 Å². The molecule has 2 rings (SSSR count). The molecule has 1 atom stereocenters. The summed E-state index contributed by atoms with van der Waals surface area (Å²) in [6.45, 7) is 0. The van der Waals surface area contributed by atoms with Crippen molar-refractivity contribution in [2.24, 2.45) is 0 Å². The fourth-order valence-corrected chi connectivity index (χ4v) is 1.71. The minimum absolute atomic E-state index is 0.0990. The Labute approximate surface area is 112 Å². The van der Waals surface area contributed by atoms with Gasteiger partial charge in [-0.05, 0) is 5.56 Å². The summed E-state index contributed by atoms with van der Waals surface area (Å²) >= 11 is 0. The maximum atomic E-state index is 13.4. The molecule has 1 N–H and O–H groups in total. The highest BCUT2D eigenvalue weighted by Crippen LogP contribution is 2.26. The molecule has 0 saturated carbocycles. The first kappa shape index (κ1) is 14.3. The second kappa shape index (κ2) is 5.88. The van der Waals surface area contributed by atoms with Gasteiger partial charge in [0.2, 0.25) is 0 Å². The van der Waals surface area contributed by atoms with Gasteiger partial charge in [-0.3, -0.25) is 0 Å². The number of hydrogen-bond acceptors (Lipinski definition) is 1. The number of hydrogen-bond donors (Lipinski definition) is 1. The molecular formula is C15H10F4O. The van der Waals surface area contributed by atoms with Crippen molar-refractivity contribution in [3.63, 3.8) is 0 Å². The SMILES string of the molecule is OC(/C=C/c1ccccc1)c1c(F)c(F)cc(F)c1F. The van der Waals surface area contributed by atoms with Gasteiger partial charge in [-0.15, -0.1) is 0 Å². The van der Waals surface area contributed by atoms with E-state index in [1.807, 2.05) is 0 Å². The third kappa shape index (κ3) is 2.88. The summed E-state index contributed by atoms with van der Waals surface area (Å²) in [6, 6.07) is 8.73. The minimum atomic E-state index is -1.79. The predicted molar refractivity (Wildman–Crippen MR) is 66.7 cm³/mol. The summed E-state index contributed by atoms with van der Waals surface area (Å²) in [7, 11) is 0. The van der Waals surface area contributed by atoms with E-state index >= 15 is 0 Å². The van der Waals surface area contributed by atoms with Gasteiger partial charge in [0.25, 0.3) is 0 Å². The van der Waals surface area contributed by atoms with E-state index in [0.29, 0.717) is 5.56 Å². The lowest BCUT2D eigenvalue weighted by Gasteiger charge is -2.10. The molecule has 0 aliphatic carbocycles. The topological polar surface area (TPSA) is 20.2 Å². The monoisotopic (exact) mass is 282 g/mol. The zero-order valence-corrected chi connectivity index (χ0v) is 10.2. The fraction of sp³-hybridized carbons (Fsp3) is 0.0667. The van der Waals surface area contributed by atoms with E-state index in [9.17, 15) is 22.7 Å². The largest absolute Gasteiger partial charge is 0.384 e. The molecule has 5 heteroatoms. The van der Waals surface area contributed by atoms with Crippen molar-refractivity contribution in [2.75, 3.05) is 0 Å². The molecule has 0 aliphatic rings. The molecular weight excluding hydrogens is 272 g/mol. The molecule has 0 aromatic heterocycles. The van der Waals surface area contributed by atoms with Crippen molar-refractivity contribution < 1.29 is 22.7 Å². The van der Waals surface area contributed by atoms with Crippen LogP contribution in [0.15, 0.2) is 42.5 Å². The van der Waals surface area contributed by atoms with Crippen LogP contribution in [0.2, 0.25) is 0 Å². The summed E-state index contributed by atoms with van der Waals surface area (Å²) in [5.41, 5.74) is -0.376. The third-order valence-corrected chi connectivity index (χ3v) is 2.71. The first-order valence-electron chi connectivity index (χ1n) is 5.75. The minimum Gasteiger partial charge on any atom is -0.384 e. The normalized spacial score (nSPS) is 12.8. The Kier molecular flexibility index (Phi) is 4.20. The molecule has 20 heavy (non-hydrogen) atoms. The van der Waals surface area contributed by atoms with Crippen molar-refractivity contribution in [2.45, 2.75) is 6.10 Å². The van der Waals surface area contributed by atoms with Crippen molar-refractivity contribution in [1.29, 1.82) is 0 Å². The van der Waals surface area contributed by atoms with E-state index in [-0.39, 0.29) is 6.07 Å². The molecule has 1 nitrogen and oxygen atoms in total. The first-order valence-corrected chi connectivity index (χ1v) is 5.75. The zero-order chi connectivity index (χ0) is 14.7. The van der Waals surface area contributed by atoms with Gasteiger partial charge in [0.05, 0.1) is 5.56 Å². The summed E-state index contributed by atoms with van der Waals surface area (Å²) in [6.07, 6.45) is 0.655. The number of aliphatic hydroxyl groups is 1. The smallest absolute Gasteiger partial charge is 0.168 e. The van der Waals surface area contributed by atoms with Gasteiger partial charge in [-0.1, -0.05) is 42.5 Å². The average Bonchev–Trinajstić information content (AvgIpc) is 2.44. The number of benzene rings is 2. The molecule has 0 bridgehead atoms. The predicted octanol–water partition coefficient (Wildman–Crippen LogP) is 3.99. The van der Waals surface area contributed by atoms with Gasteiger partial charge in [0.15, 0.2) is 23.3 Å². The van der Waals surface area contributed by atoms with E-state index in [1.54, 1.807) is 30.3 Å². The van der Waals surface area contributed by atoms with Crippen LogP contribution in [0.1, 0.15) is 17.2 Å². The van der Waals surface area contributed by atoms with Crippen LogP contribution in [-0.4, -0.2) is 5.11 Å². The van der Waals surface area contributed by atoms with Crippen LogP contribution < -0.4 is 0 Å². The Morgan fingerprint density at radius 2 is 1.45 bits per heavy atom. The highest BCUT2D eigenvalue weighted by atomic mass is 19.2. The Bertz CT molecular complexity index is 612. The fourth-order valence-electron chi connectivity index (χ4n) is 1.71. The highest BCUT2D eigenvalue weighted by Gasteiger charge is 2.23. The van der Waals surface area contributed by atoms with Crippen molar-refractivity contribution in [1.82, 2.24) is 0 Å². The van der Waals surface area contributed by atoms with E-state index in [0.717, 1.165) is 6.08 Å². The standard InChI is InChI=1S/C15H10F4O/c16-10-8-11(17)15(19)13(14(10)18)12(20)7-6-9-4-2-1-3-5-9/h1-8,12,20H/b7-6+. The van der Waals surface area contributed by atoms with Gasteiger partial charge in [0, 0.05) is 6.07 Å². The number of halogens is 4. The second-order valence-electron chi connectivity index (χ2n) is 4.10. The van der Waals surface area contributed by atoms with E-state index < -0.39 is 34.9 Å². The molecule has 2 aromatic rings. The van der Waals surface area contributed by atoms with E-state index in [2.05, 4.69) is 0 Å². The molecule has 104 valence electrons. The summed E-state index contributed by atoms with van der Waals surface area (Å²) in [4.78, 5) is 0. The lowest BCUT2D eigenvalue weighted by molar-refractivity contribution is 0.213. The molecule has 0 radical (unpaired) electrons. The van der Waals surface area contributed by atoms with E-state index in [4.69, 9.17) is 0 Å². The Balaban J connectivity index is 2.35. The molecule has 1 unspecified atom stereocenters. The Hall–Kier alpha value is -2.14. The second-order valence-corrected chi connectivity index (χ2v) is 4.10. The van der Waals surface area contributed by atoms with Gasteiger partial charge >= 0.3 is 0 Å². The highest BCUT2D eigenvalue weighted by molar-refractivity contribution is 5.50. The van der Waals surface area contributed by atoms with Gasteiger partial charge < -0.3 is 5.11 Å². The van der Waals surface area contributed by atoms with Gasteiger partial charge in [-0.2, -0.15) is 0 Å². The van der Waals surface area contributed by atoms with Crippen LogP contribution >= 0.6 is 0 Å². The molecule has 0 aliphatic heterocycles. The third-order valence-electron chi connectivity index (χ3n) is 2.71. The quantitative estimate of drug-likeness (QED) is 0.666. The Morgan fingerprint density at radius 3 is 2.00 bits per heavy atom. The van der Waals surface area contributed by atoms with Crippen LogP contribution in [0.4, 0.5) is 17.6 Å². The molecule has 0 heterocycles. The summed E-state index contributed by atoms with van der Waals surface area (Å²) in [5, 5.41) is 9.69. The lowest BCUT2D eigenvalue weighted by Crippen LogP contribution is -2.06. The van der Waals surface area contributed by atoms with E-state index in [1.165, 1.54) is 6.08 Å². The van der Waals surface area contributed by atoms with Crippen LogP contribution in [0.3, 0.4) is 0 Å². The average molecular weight is 282 g/mol. The summed E-state index contributed by atoms with van der Waals surface area (Å²) < 4.78 is 52.9. The summed E-state index contributed by atoms with van der Waals surface area (Å²) in [5.74, 6) is -6.31. The maximum Gasteiger partial charge on any atom is 0.168 e. The number of aliphatic hydroxyl groups excluding tert-OH is 1. The molecule has 0 spiro atoms. The van der Waals surface area contributed by atoms with Crippen molar-refractivity contribution in [3.8, 4) is 0 Å². The van der Waals surface area contributed by atoms with Crippen LogP contribution in [0, 0.1) is 23.3 Å². The first-order chi connectivity index (χ1) is 9.50. The number of rotatable bonds is 3. The van der Waals surface area contributed by atoms with Crippen molar-refractivity contribution in [3.05, 3.63) is 76.9 Å². The van der Waals surface area contributed by atoms with Crippen LogP contribution in [0.5, 0.6) is 0 Å². The molecule has 0 saturated heterocycles. The lowest BCUT2D eigenvalue weighted by atomic mass is 10.1. The molecule has 2 aromatic carbocycles. The zero-order valence-electron chi connectivity index (χ0n) is 10.2. The molecule has 0 fully saturated rings. The van der Waals surface area contributed by atoms with Crippen LogP contribution in [-0.2, 0) is 0 Å². The van der Waals surface area contributed by atoms with Gasteiger partial charge in [0.1, 0.15) is 6.10 Å². The van der Waals surface area contributed by atoms with Crippen molar-refractivity contribution >= 4 is 6.08 Å². The Morgan fingerprint density at radius 1 is 0.900 bits per heavy atom. The van der Waals surface area contributed by atoms with Crippen LogP contribution in [0.25, 0.3) is 6.08 Å².